The van der Waals surface area contributed by atoms with Gasteiger partial charge in [0.15, 0.2) is 0 Å². The second-order valence-corrected chi connectivity index (χ2v) is 9.02. The van der Waals surface area contributed by atoms with Gasteiger partial charge in [-0.3, -0.25) is 4.90 Å². The molecule has 0 fully saturated rings. The van der Waals surface area contributed by atoms with Gasteiger partial charge in [0.25, 0.3) is 0 Å². The molecule has 0 unspecified atom stereocenters. The monoisotopic (exact) mass is 414 g/mol. The quantitative estimate of drug-likeness (QED) is 0.666. The maximum Gasteiger partial charge on any atom is 0.240 e. The van der Waals surface area contributed by atoms with Crippen LogP contribution in [-0.4, -0.2) is 26.4 Å². The molecule has 0 amide bonds. The van der Waals surface area contributed by atoms with Gasteiger partial charge in [-0.2, -0.15) is 0 Å². The van der Waals surface area contributed by atoms with Crippen molar-refractivity contribution in [2.75, 3.05) is 13.1 Å². The van der Waals surface area contributed by atoms with Crippen molar-refractivity contribution in [2.24, 2.45) is 0 Å². The van der Waals surface area contributed by atoms with Crippen LogP contribution in [0.4, 0.5) is 4.39 Å². The van der Waals surface area contributed by atoms with Gasteiger partial charge in [0.1, 0.15) is 11.6 Å². The average Bonchev–Trinajstić information content (AvgIpc) is 3.22. The molecule has 4 rings (SSSR count). The van der Waals surface area contributed by atoms with Crippen LogP contribution >= 0.6 is 0 Å². The number of aryl methyl sites for hydroxylation is 1. The third-order valence-corrected chi connectivity index (χ3v) is 6.95. The second kappa shape index (κ2) is 8.10. The summed E-state index contributed by atoms with van der Waals surface area (Å²) in [5.74, 6) is 0.254. The highest BCUT2D eigenvalue weighted by atomic mass is 32.2. The van der Waals surface area contributed by atoms with Crippen molar-refractivity contribution >= 4 is 10.0 Å². The van der Waals surface area contributed by atoms with Crippen LogP contribution in [-0.2, 0) is 23.0 Å². The van der Waals surface area contributed by atoms with Gasteiger partial charge < -0.3 is 4.42 Å². The van der Waals surface area contributed by atoms with Gasteiger partial charge in [0, 0.05) is 19.6 Å². The van der Waals surface area contributed by atoms with Crippen LogP contribution < -0.4 is 4.72 Å². The summed E-state index contributed by atoms with van der Waals surface area (Å²) in [4.78, 5) is 2.31. The van der Waals surface area contributed by atoms with E-state index in [-0.39, 0.29) is 17.5 Å². The summed E-state index contributed by atoms with van der Waals surface area (Å²) in [7, 11) is -3.78. The molecule has 7 heteroatoms. The zero-order chi connectivity index (χ0) is 20.4. The average molecular weight is 415 g/mol. The van der Waals surface area contributed by atoms with Crippen molar-refractivity contribution in [3.8, 4) is 0 Å². The first-order valence-corrected chi connectivity index (χ1v) is 11.0. The first-order valence-electron chi connectivity index (χ1n) is 9.54. The number of hydrogen-bond acceptors (Lipinski definition) is 4. The van der Waals surface area contributed by atoms with Crippen molar-refractivity contribution in [3.05, 3.63) is 89.1 Å². The second-order valence-electron chi connectivity index (χ2n) is 7.28. The molecule has 1 N–H and O–H groups in total. The molecule has 1 aromatic heterocycles. The summed E-state index contributed by atoms with van der Waals surface area (Å²) in [5.41, 5.74) is 2.94. The summed E-state index contributed by atoms with van der Waals surface area (Å²) < 4.78 is 47.4. The van der Waals surface area contributed by atoms with E-state index in [1.165, 1.54) is 23.3 Å². The molecular weight excluding hydrogens is 391 g/mol. The minimum atomic E-state index is -3.78. The number of furan rings is 1. The lowest BCUT2D eigenvalue weighted by Crippen LogP contribution is -2.40. The first-order chi connectivity index (χ1) is 13.9. The molecule has 0 saturated heterocycles. The fourth-order valence-corrected chi connectivity index (χ4v) is 5.12. The van der Waals surface area contributed by atoms with Crippen LogP contribution in [0.1, 0.15) is 28.5 Å². The molecule has 1 atom stereocenters. The number of fused-ring (bicyclic) bond motifs is 1. The van der Waals surface area contributed by atoms with Crippen LogP contribution in [0.15, 0.2) is 70.2 Å². The zero-order valence-corrected chi connectivity index (χ0v) is 17.0. The van der Waals surface area contributed by atoms with Crippen molar-refractivity contribution in [3.63, 3.8) is 0 Å². The minimum absolute atomic E-state index is 0.0843. The van der Waals surface area contributed by atoms with Crippen molar-refractivity contribution in [2.45, 2.75) is 30.8 Å². The Kier molecular flexibility index (Phi) is 5.54. The van der Waals surface area contributed by atoms with E-state index in [1.807, 2.05) is 18.2 Å². The maximum atomic E-state index is 13.4. The molecule has 0 spiro atoms. The lowest BCUT2D eigenvalue weighted by atomic mass is 9.98. The number of nitrogens with zero attached hydrogens (tertiary/aromatic N) is 1. The molecule has 2 heterocycles. The summed E-state index contributed by atoms with van der Waals surface area (Å²) >= 11 is 0. The Morgan fingerprint density at radius 3 is 2.66 bits per heavy atom. The molecule has 1 aliphatic heterocycles. The van der Waals surface area contributed by atoms with Gasteiger partial charge in [-0.05, 0) is 60.4 Å². The molecule has 152 valence electrons. The van der Waals surface area contributed by atoms with Crippen molar-refractivity contribution in [1.82, 2.24) is 9.62 Å². The number of halogens is 1. The Balaban J connectivity index is 1.56. The summed E-state index contributed by atoms with van der Waals surface area (Å²) in [6.45, 7) is 3.27. The maximum absolute atomic E-state index is 13.4. The van der Waals surface area contributed by atoms with Crippen LogP contribution in [0.2, 0.25) is 0 Å². The van der Waals surface area contributed by atoms with Gasteiger partial charge >= 0.3 is 0 Å². The van der Waals surface area contributed by atoms with Crippen molar-refractivity contribution in [1.29, 1.82) is 0 Å². The number of rotatable bonds is 6. The summed E-state index contributed by atoms with van der Waals surface area (Å²) in [6, 6.07) is 15.4. The molecule has 1 aliphatic rings. The molecular formula is C22H23FN2O3S. The normalized spacial score (nSPS) is 15.8. The van der Waals surface area contributed by atoms with Gasteiger partial charge in [-0.15, -0.1) is 0 Å². The largest absolute Gasteiger partial charge is 0.468 e. The van der Waals surface area contributed by atoms with E-state index in [4.69, 9.17) is 4.42 Å². The van der Waals surface area contributed by atoms with E-state index in [1.54, 1.807) is 19.3 Å². The Morgan fingerprint density at radius 1 is 1.14 bits per heavy atom. The van der Waals surface area contributed by atoms with E-state index in [0.717, 1.165) is 25.6 Å². The highest BCUT2D eigenvalue weighted by Gasteiger charge is 2.28. The highest BCUT2D eigenvalue weighted by molar-refractivity contribution is 7.89. The Bertz CT molecular complexity index is 1100. The van der Waals surface area contributed by atoms with E-state index in [2.05, 4.69) is 21.8 Å². The Morgan fingerprint density at radius 2 is 1.93 bits per heavy atom. The molecule has 29 heavy (non-hydrogen) atoms. The van der Waals surface area contributed by atoms with Crippen LogP contribution in [0, 0.1) is 12.7 Å². The molecule has 0 radical (unpaired) electrons. The van der Waals surface area contributed by atoms with Gasteiger partial charge in [-0.1, -0.05) is 24.3 Å². The smallest absolute Gasteiger partial charge is 0.240 e. The lowest BCUT2D eigenvalue weighted by molar-refractivity contribution is 0.160. The third-order valence-electron chi connectivity index (χ3n) is 5.37. The molecule has 5 nitrogen and oxygen atoms in total. The van der Waals surface area contributed by atoms with Gasteiger partial charge in [0.2, 0.25) is 10.0 Å². The SMILES string of the molecule is Cc1cc(F)ccc1S(=O)(=O)NC[C@H](c1ccco1)N1CCc2ccccc2C1. The lowest BCUT2D eigenvalue weighted by Gasteiger charge is -2.34. The molecule has 0 aliphatic carbocycles. The molecule has 0 bridgehead atoms. The topological polar surface area (TPSA) is 62.6 Å². The Hall–Kier alpha value is -2.48. The van der Waals surface area contributed by atoms with Gasteiger partial charge in [-0.25, -0.2) is 17.5 Å². The zero-order valence-electron chi connectivity index (χ0n) is 16.1. The molecule has 0 saturated carbocycles. The van der Waals surface area contributed by atoms with E-state index in [9.17, 15) is 12.8 Å². The minimum Gasteiger partial charge on any atom is -0.468 e. The van der Waals surface area contributed by atoms with E-state index in [0.29, 0.717) is 11.3 Å². The van der Waals surface area contributed by atoms with Crippen LogP contribution in [0.25, 0.3) is 0 Å². The predicted molar refractivity (Wildman–Crippen MR) is 108 cm³/mol. The fourth-order valence-electron chi connectivity index (χ4n) is 3.85. The Labute approximate surface area is 170 Å². The fraction of sp³-hybridized carbons (Fsp3) is 0.273. The molecule has 3 aromatic rings. The third kappa shape index (κ3) is 4.27. The van der Waals surface area contributed by atoms with E-state index < -0.39 is 15.8 Å². The predicted octanol–water partition coefficient (Wildman–Crippen LogP) is 3.81. The number of sulfonamides is 1. The van der Waals surface area contributed by atoms with Gasteiger partial charge in [0.05, 0.1) is 17.2 Å². The van der Waals surface area contributed by atoms with Crippen molar-refractivity contribution < 1.29 is 17.2 Å². The standard InChI is InChI=1S/C22H23FN2O3S/c1-16-13-19(23)8-9-22(16)29(26,27)24-14-20(21-7-4-12-28-21)25-11-10-17-5-2-3-6-18(17)15-25/h2-9,12-13,20,24H,10-11,14-15H2,1H3/t20-/m1/s1. The van der Waals surface area contributed by atoms with Crippen LogP contribution in [0.3, 0.4) is 0 Å². The number of benzene rings is 2. The van der Waals surface area contributed by atoms with E-state index >= 15 is 0 Å². The highest BCUT2D eigenvalue weighted by Crippen LogP contribution is 2.28. The number of hydrogen-bond donors (Lipinski definition) is 1. The first kappa shape index (κ1) is 19.8. The summed E-state index contributed by atoms with van der Waals surface area (Å²) in [5, 5.41) is 0. The van der Waals surface area contributed by atoms with Crippen LogP contribution in [0.5, 0.6) is 0 Å². The summed E-state index contributed by atoms with van der Waals surface area (Å²) in [6.07, 6.45) is 2.50. The molecule has 2 aromatic carbocycles. The number of nitrogens with one attached hydrogen (secondary N) is 1.